The van der Waals surface area contributed by atoms with Crippen LogP contribution in [0.25, 0.3) is 0 Å². The normalized spacial score (nSPS) is 20.4. The third-order valence-corrected chi connectivity index (χ3v) is 6.07. The zero-order chi connectivity index (χ0) is 18.4. The SMILES string of the molecule is Cc1ccsc1C=NNC(=O)C[NH+]1CC[NH+](Cc2ccccc2Cl)CC1. The number of carbonyl (C=O) groups excluding carboxylic acids is 1. The summed E-state index contributed by atoms with van der Waals surface area (Å²) in [4.78, 5) is 16.0. The molecule has 1 aliphatic rings. The molecule has 1 aliphatic heterocycles. The maximum absolute atomic E-state index is 12.1. The van der Waals surface area contributed by atoms with Gasteiger partial charge in [-0.3, -0.25) is 4.79 Å². The smallest absolute Gasteiger partial charge is 0.295 e. The number of rotatable bonds is 6. The van der Waals surface area contributed by atoms with Crippen LogP contribution in [0.5, 0.6) is 0 Å². The van der Waals surface area contributed by atoms with Gasteiger partial charge in [0.1, 0.15) is 32.7 Å². The number of hydrogen-bond acceptors (Lipinski definition) is 3. The Morgan fingerprint density at radius 1 is 1.23 bits per heavy atom. The van der Waals surface area contributed by atoms with Crippen molar-refractivity contribution in [3.63, 3.8) is 0 Å². The topological polar surface area (TPSA) is 50.3 Å². The Labute approximate surface area is 163 Å². The summed E-state index contributed by atoms with van der Waals surface area (Å²) in [6.07, 6.45) is 1.72. The molecule has 3 rings (SSSR count). The van der Waals surface area contributed by atoms with Crippen LogP contribution in [0, 0.1) is 6.92 Å². The van der Waals surface area contributed by atoms with E-state index < -0.39 is 0 Å². The van der Waals surface area contributed by atoms with Crippen molar-refractivity contribution in [2.24, 2.45) is 5.10 Å². The summed E-state index contributed by atoms with van der Waals surface area (Å²) in [5.74, 6) is -0.0278. The van der Waals surface area contributed by atoms with Gasteiger partial charge in [-0.1, -0.05) is 29.8 Å². The van der Waals surface area contributed by atoms with Crippen molar-refractivity contribution in [2.45, 2.75) is 13.5 Å². The summed E-state index contributed by atoms with van der Waals surface area (Å²) < 4.78 is 0. The van der Waals surface area contributed by atoms with Crippen LogP contribution in [-0.2, 0) is 11.3 Å². The van der Waals surface area contributed by atoms with E-state index in [1.54, 1.807) is 17.6 Å². The third-order valence-electron chi connectivity index (χ3n) is 4.75. The molecule has 0 atom stereocenters. The van der Waals surface area contributed by atoms with E-state index >= 15 is 0 Å². The highest BCUT2D eigenvalue weighted by Gasteiger charge is 2.25. The van der Waals surface area contributed by atoms with Crippen molar-refractivity contribution in [3.05, 3.63) is 56.7 Å². The van der Waals surface area contributed by atoms with Crippen molar-refractivity contribution in [1.82, 2.24) is 5.43 Å². The Morgan fingerprint density at radius 2 is 1.96 bits per heavy atom. The summed E-state index contributed by atoms with van der Waals surface area (Å²) in [7, 11) is 0. The number of amides is 1. The van der Waals surface area contributed by atoms with Crippen molar-refractivity contribution < 1.29 is 14.6 Å². The molecule has 5 nitrogen and oxygen atoms in total. The van der Waals surface area contributed by atoms with E-state index in [0.717, 1.165) is 42.6 Å². The lowest BCUT2D eigenvalue weighted by Gasteiger charge is -2.29. The zero-order valence-electron chi connectivity index (χ0n) is 14.9. The number of carbonyl (C=O) groups is 1. The van der Waals surface area contributed by atoms with Gasteiger partial charge in [-0.2, -0.15) is 5.10 Å². The molecule has 138 valence electrons. The Bertz CT molecular complexity index is 768. The molecule has 2 aromatic rings. The molecule has 2 heterocycles. The van der Waals surface area contributed by atoms with Crippen LogP contribution in [-0.4, -0.2) is 44.8 Å². The number of quaternary nitrogens is 2. The van der Waals surface area contributed by atoms with Gasteiger partial charge < -0.3 is 9.80 Å². The standard InChI is InChI=1S/C19H23ClN4OS/c1-15-6-11-26-18(15)12-21-22-19(25)14-24-9-7-23(8-10-24)13-16-4-2-3-5-17(16)20/h2-6,11-12H,7-10,13-14H2,1H3,(H,22,25)/p+2. The van der Waals surface area contributed by atoms with Gasteiger partial charge in [0.2, 0.25) is 0 Å². The number of piperazine rings is 1. The molecule has 26 heavy (non-hydrogen) atoms. The summed E-state index contributed by atoms with van der Waals surface area (Å²) in [5.41, 5.74) is 5.02. The van der Waals surface area contributed by atoms with E-state index in [1.165, 1.54) is 20.9 Å². The van der Waals surface area contributed by atoms with E-state index in [9.17, 15) is 4.79 Å². The first kappa shape index (κ1) is 19.0. The third kappa shape index (κ3) is 5.38. The second-order valence-corrected chi connectivity index (χ2v) is 8.06. The molecule has 7 heteroatoms. The molecule has 1 fully saturated rings. The predicted molar refractivity (Wildman–Crippen MR) is 106 cm³/mol. The number of hydrogen-bond donors (Lipinski definition) is 3. The fourth-order valence-corrected chi connectivity index (χ4v) is 4.16. The van der Waals surface area contributed by atoms with Crippen molar-refractivity contribution in [3.8, 4) is 0 Å². The molecule has 3 N–H and O–H groups in total. The van der Waals surface area contributed by atoms with Crippen molar-refractivity contribution in [1.29, 1.82) is 0 Å². The van der Waals surface area contributed by atoms with Crippen LogP contribution in [0.4, 0.5) is 0 Å². The van der Waals surface area contributed by atoms with Crippen LogP contribution in [0.3, 0.4) is 0 Å². The number of benzene rings is 1. The highest BCUT2D eigenvalue weighted by Crippen LogP contribution is 2.13. The first-order valence-electron chi connectivity index (χ1n) is 8.88. The van der Waals surface area contributed by atoms with E-state index in [1.807, 2.05) is 36.6 Å². The summed E-state index contributed by atoms with van der Waals surface area (Å²) in [5, 5.41) is 6.93. The predicted octanol–water partition coefficient (Wildman–Crippen LogP) is 0.144. The maximum Gasteiger partial charge on any atom is 0.295 e. The average Bonchev–Trinajstić information content (AvgIpc) is 3.04. The van der Waals surface area contributed by atoms with Crippen molar-refractivity contribution in [2.75, 3.05) is 32.7 Å². The minimum absolute atomic E-state index is 0.0278. The Balaban J connectivity index is 1.39. The van der Waals surface area contributed by atoms with Gasteiger partial charge >= 0.3 is 0 Å². The van der Waals surface area contributed by atoms with Gasteiger partial charge in [0.15, 0.2) is 6.54 Å². The van der Waals surface area contributed by atoms with Crippen molar-refractivity contribution >= 4 is 35.1 Å². The fraction of sp³-hybridized carbons (Fsp3) is 0.368. The van der Waals surface area contributed by atoms with Crippen LogP contribution < -0.4 is 15.2 Å². The lowest BCUT2D eigenvalue weighted by atomic mass is 10.2. The Kier molecular flexibility index (Phi) is 6.80. The molecule has 1 amide bonds. The first-order chi connectivity index (χ1) is 12.6. The molecule has 0 saturated carbocycles. The molecule has 0 bridgehead atoms. The van der Waals surface area contributed by atoms with Gasteiger partial charge in [0.05, 0.1) is 6.21 Å². The highest BCUT2D eigenvalue weighted by molar-refractivity contribution is 7.11. The summed E-state index contributed by atoms with van der Waals surface area (Å²) in [6.45, 7) is 7.52. The quantitative estimate of drug-likeness (QED) is 0.475. The second kappa shape index (κ2) is 9.28. The molecule has 1 aromatic carbocycles. The molecule has 1 saturated heterocycles. The van der Waals surface area contributed by atoms with Gasteiger partial charge in [0.25, 0.3) is 5.91 Å². The largest absolute Gasteiger partial charge is 0.322 e. The Morgan fingerprint density at radius 3 is 2.65 bits per heavy atom. The zero-order valence-corrected chi connectivity index (χ0v) is 16.5. The fourth-order valence-electron chi connectivity index (χ4n) is 3.17. The minimum Gasteiger partial charge on any atom is -0.322 e. The molecular weight excluding hydrogens is 368 g/mol. The second-order valence-electron chi connectivity index (χ2n) is 6.71. The maximum atomic E-state index is 12.1. The molecule has 0 aliphatic carbocycles. The van der Waals surface area contributed by atoms with E-state index in [4.69, 9.17) is 11.6 Å². The van der Waals surface area contributed by atoms with Crippen LogP contribution >= 0.6 is 22.9 Å². The van der Waals surface area contributed by atoms with Crippen LogP contribution in [0.15, 0.2) is 40.8 Å². The van der Waals surface area contributed by atoms with Gasteiger partial charge in [-0.15, -0.1) is 11.3 Å². The summed E-state index contributed by atoms with van der Waals surface area (Å²) >= 11 is 7.87. The summed E-state index contributed by atoms with van der Waals surface area (Å²) in [6, 6.07) is 10.1. The molecule has 0 radical (unpaired) electrons. The molecule has 0 spiro atoms. The first-order valence-corrected chi connectivity index (χ1v) is 10.1. The highest BCUT2D eigenvalue weighted by atomic mass is 35.5. The monoisotopic (exact) mass is 392 g/mol. The number of nitrogens with zero attached hydrogens (tertiary/aromatic N) is 1. The number of nitrogens with one attached hydrogen (secondary N) is 3. The van der Waals surface area contributed by atoms with Gasteiger partial charge in [-0.25, -0.2) is 5.43 Å². The number of thiophene rings is 1. The number of aryl methyl sites for hydroxylation is 1. The molecule has 1 aromatic heterocycles. The molecule has 0 unspecified atom stereocenters. The van der Waals surface area contributed by atoms with Gasteiger partial charge in [-0.05, 0) is 30.0 Å². The lowest BCUT2D eigenvalue weighted by molar-refractivity contribution is -1.02. The number of hydrazone groups is 1. The Hall–Kier alpha value is -1.73. The average molecular weight is 393 g/mol. The van der Waals surface area contributed by atoms with Gasteiger partial charge in [0, 0.05) is 15.5 Å². The molecular formula is C19H25ClN4OS+2. The van der Waals surface area contributed by atoms with Crippen LogP contribution in [0.1, 0.15) is 16.0 Å². The van der Waals surface area contributed by atoms with E-state index in [2.05, 4.69) is 16.6 Å². The van der Waals surface area contributed by atoms with E-state index in [0.29, 0.717) is 6.54 Å². The lowest BCUT2D eigenvalue weighted by Crippen LogP contribution is -3.28. The minimum atomic E-state index is -0.0278. The van der Waals surface area contributed by atoms with Crippen LogP contribution in [0.2, 0.25) is 5.02 Å². The van der Waals surface area contributed by atoms with E-state index in [-0.39, 0.29) is 5.91 Å². The number of halogens is 1.